The Labute approximate surface area is 143 Å². The number of hydrogen-bond acceptors (Lipinski definition) is 2. The molecule has 0 aliphatic carbocycles. The number of aromatic nitrogens is 1. The van der Waals surface area contributed by atoms with Crippen molar-refractivity contribution in [2.75, 3.05) is 0 Å². The van der Waals surface area contributed by atoms with Crippen LogP contribution in [0.2, 0.25) is 0 Å². The standard InChI is InChI=1S/C19H17FN2OS/c1-2-13-22-18-15(20)9-6-10-16(18)24-19(22)21-17(23)12-11-14-7-4-3-5-8-14/h2-10H,1,11-13H2. The largest absolute Gasteiger partial charge is 0.310 e. The predicted molar refractivity (Wildman–Crippen MR) is 95.3 cm³/mol. The summed E-state index contributed by atoms with van der Waals surface area (Å²) in [6, 6.07) is 14.7. The third kappa shape index (κ3) is 3.51. The summed E-state index contributed by atoms with van der Waals surface area (Å²) in [4.78, 5) is 16.9. The number of fused-ring (bicyclic) bond motifs is 1. The summed E-state index contributed by atoms with van der Waals surface area (Å²) in [5, 5.41) is 0. The van der Waals surface area contributed by atoms with Crippen LogP contribution < -0.4 is 4.80 Å². The van der Waals surface area contributed by atoms with Gasteiger partial charge in [0, 0.05) is 13.0 Å². The van der Waals surface area contributed by atoms with Crippen molar-refractivity contribution in [1.29, 1.82) is 0 Å². The van der Waals surface area contributed by atoms with E-state index >= 15 is 0 Å². The van der Waals surface area contributed by atoms with E-state index in [2.05, 4.69) is 11.6 Å². The monoisotopic (exact) mass is 340 g/mol. The molecule has 0 aliphatic heterocycles. The third-order valence-electron chi connectivity index (χ3n) is 3.65. The van der Waals surface area contributed by atoms with E-state index < -0.39 is 0 Å². The molecule has 0 fully saturated rings. The zero-order valence-electron chi connectivity index (χ0n) is 13.1. The molecule has 0 saturated heterocycles. The average molecular weight is 340 g/mol. The van der Waals surface area contributed by atoms with Crippen LogP contribution in [0.3, 0.4) is 0 Å². The minimum absolute atomic E-state index is 0.205. The number of carbonyl (C=O) groups excluding carboxylic acids is 1. The Kier molecular flexibility index (Phi) is 5.01. The molecular formula is C19H17FN2OS. The van der Waals surface area contributed by atoms with E-state index in [0.29, 0.717) is 29.7 Å². The Balaban J connectivity index is 1.91. The molecule has 0 saturated carbocycles. The molecule has 1 amide bonds. The molecule has 0 N–H and O–H groups in total. The molecule has 0 spiro atoms. The van der Waals surface area contributed by atoms with Gasteiger partial charge in [-0.25, -0.2) is 4.39 Å². The van der Waals surface area contributed by atoms with Gasteiger partial charge < -0.3 is 4.57 Å². The summed E-state index contributed by atoms with van der Waals surface area (Å²) < 4.78 is 16.6. The Morgan fingerprint density at radius 2 is 2.00 bits per heavy atom. The van der Waals surface area contributed by atoms with Crippen LogP contribution in [0.4, 0.5) is 4.39 Å². The average Bonchev–Trinajstić information content (AvgIpc) is 2.93. The lowest BCUT2D eigenvalue weighted by Crippen LogP contribution is -2.16. The fraction of sp³-hybridized carbons (Fsp3) is 0.158. The van der Waals surface area contributed by atoms with Gasteiger partial charge in [0.15, 0.2) is 4.80 Å². The number of carbonyl (C=O) groups is 1. The second-order valence-corrected chi connectivity index (χ2v) is 6.37. The lowest BCUT2D eigenvalue weighted by molar-refractivity contribution is -0.118. The van der Waals surface area contributed by atoms with E-state index in [-0.39, 0.29) is 11.7 Å². The van der Waals surface area contributed by atoms with E-state index in [1.807, 2.05) is 36.4 Å². The molecule has 3 aromatic rings. The van der Waals surface area contributed by atoms with E-state index in [1.54, 1.807) is 16.7 Å². The van der Waals surface area contributed by atoms with Gasteiger partial charge in [0.05, 0.1) is 10.2 Å². The summed E-state index contributed by atoms with van der Waals surface area (Å²) in [6.07, 6.45) is 2.64. The molecule has 0 atom stereocenters. The smallest absolute Gasteiger partial charge is 0.248 e. The van der Waals surface area contributed by atoms with E-state index in [1.165, 1.54) is 17.4 Å². The number of nitrogens with zero attached hydrogens (tertiary/aromatic N) is 2. The SMILES string of the molecule is C=CCn1c(=NC(=O)CCc2ccccc2)sc2cccc(F)c21. The van der Waals surface area contributed by atoms with E-state index in [9.17, 15) is 9.18 Å². The summed E-state index contributed by atoms with van der Waals surface area (Å²) in [5.41, 5.74) is 1.57. The van der Waals surface area contributed by atoms with Gasteiger partial charge in [-0.1, -0.05) is 53.8 Å². The molecule has 0 bridgehead atoms. The van der Waals surface area contributed by atoms with Gasteiger partial charge in [-0.2, -0.15) is 4.99 Å². The topological polar surface area (TPSA) is 34.4 Å². The molecule has 2 aromatic carbocycles. The molecule has 122 valence electrons. The number of hydrogen-bond donors (Lipinski definition) is 0. The van der Waals surface area contributed by atoms with Crippen LogP contribution in [0.5, 0.6) is 0 Å². The van der Waals surface area contributed by atoms with Gasteiger partial charge in [-0.05, 0) is 24.1 Å². The first kappa shape index (κ1) is 16.3. The van der Waals surface area contributed by atoms with Gasteiger partial charge in [0.1, 0.15) is 5.82 Å². The zero-order valence-corrected chi connectivity index (χ0v) is 13.9. The molecule has 0 radical (unpaired) electrons. The normalized spacial score (nSPS) is 11.8. The maximum Gasteiger partial charge on any atom is 0.248 e. The maximum atomic E-state index is 14.1. The molecule has 0 unspecified atom stereocenters. The quantitative estimate of drug-likeness (QED) is 0.644. The molecular weight excluding hydrogens is 323 g/mol. The molecule has 24 heavy (non-hydrogen) atoms. The molecule has 5 heteroatoms. The number of para-hydroxylation sites is 1. The lowest BCUT2D eigenvalue weighted by Gasteiger charge is -2.02. The minimum atomic E-state index is -0.316. The molecule has 3 nitrogen and oxygen atoms in total. The van der Waals surface area contributed by atoms with Crippen molar-refractivity contribution >= 4 is 27.5 Å². The molecule has 1 heterocycles. The van der Waals surface area contributed by atoms with Crippen LogP contribution in [0.1, 0.15) is 12.0 Å². The zero-order chi connectivity index (χ0) is 16.9. The van der Waals surface area contributed by atoms with Crippen molar-refractivity contribution in [3.63, 3.8) is 0 Å². The summed E-state index contributed by atoms with van der Waals surface area (Å²) in [7, 11) is 0. The highest BCUT2D eigenvalue weighted by Crippen LogP contribution is 2.20. The number of thiazole rings is 1. The number of halogens is 1. The molecule has 3 rings (SSSR count). The van der Waals surface area contributed by atoms with Crippen LogP contribution in [0.25, 0.3) is 10.2 Å². The number of rotatable bonds is 5. The second-order valence-electron chi connectivity index (χ2n) is 5.36. The van der Waals surface area contributed by atoms with Crippen LogP contribution in [-0.4, -0.2) is 10.5 Å². The van der Waals surface area contributed by atoms with Crippen LogP contribution in [0, 0.1) is 5.82 Å². The Hall–Kier alpha value is -2.53. The van der Waals surface area contributed by atoms with Gasteiger partial charge >= 0.3 is 0 Å². The van der Waals surface area contributed by atoms with Gasteiger partial charge in [0.25, 0.3) is 0 Å². The highest BCUT2D eigenvalue weighted by atomic mass is 32.1. The van der Waals surface area contributed by atoms with Gasteiger partial charge in [-0.15, -0.1) is 6.58 Å². The fourth-order valence-corrected chi connectivity index (χ4v) is 3.60. The van der Waals surface area contributed by atoms with Crippen LogP contribution >= 0.6 is 11.3 Å². The summed E-state index contributed by atoms with van der Waals surface area (Å²) in [5.74, 6) is -0.521. The number of amides is 1. The highest BCUT2D eigenvalue weighted by molar-refractivity contribution is 7.16. The van der Waals surface area contributed by atoms with Gasteiger partial charge in [-0.3, -0.25) is 4.79 Å². The maximum absolute atomic E-state index is 14.1. The van der Waals surface area contributed by atoms with Crippen molar-refractivity contribution in [1.82, 2.24) is 4.57 Å². The first-order chi connectivity index (χ1) is 11.7. The van der Waals surface area contributed by atoms with Crippen molar-refractivity contribution in [2.24, 2.45) is 4.99 Å². The van der Waals surface area contributed by atoms with Crippen molar-refractivity contribution in [3.05, 3.63) is 77.4 Å². The van der Waals surface area contributed by atoms with E-state index in [4.69, 9.17) is 0 Å². The van der Waals surface area contributed by atoms with Crippen LogP contribution in [0.15, 0.2) is 66.2 Å². The second kappa shape index (κ2) is 7.36. The van der Waals surface area contributed by atoms with Crippen molar-refractivity contribution < 1.29 is 9.18 Å². The number of aryl methyl sites for hydroxylation is 1. The third-order valence-corrected chi connectivity index (χ3v) is 4.70. The Bertz CT molecular complexity index is 941. The minimum Gasteiger partial charge on any atom is -0.310 e. The number of benzene rings is 2. The predicted octanol–water partition coefficient (Wildman–Crippen LogP) is 4.09. The Morgan fingerprint density at radius 1 is 1.21 bits per heavy atom. The lowest BCUT2D eigenvalue weighted by atomic mass is 10.1. The van der Waals surface area contributed by atoms with Crippen molar-refractivity contribution in [3.8, 4) is 0 Å². The van der Waals surface area contributed by atoms with Crippen LogP contribution in [-0.2, 0) is 17.8 Å². The van der Waals surface area contributed by atoms with E-state index in [0.717, 1.165) is 10.3 Å². The first-order valence-corrected chi connectivity index (χ1v) is 8.51. The first-order valence-electron chi connectivity index (χ1n) is 7.69. The summed E-state index contributed by atoms with van der Waals surface area (Å²) in [6.45, 7) is 4.11. The molecule has 1 aromatic heterocycles. The highest BCUT2D eigenvalue weighted by Gasteiger charge is 2.11. The molecule has 0 aliphatic rings. The number of allylic oxidation sites excluding steroid dienone is 1. The summed E-state index contributed by atoms with van der Waals surface area (Å²) >= 11 is 1.32. The van der Waals surface area contributed by atoms with Crippen molar-refractivity contribution in [2.45, 2.75) is 19.4 Å². The van der Waals surface area contributed by atoms with Gasteiger partial charge in [0.2, 0.25) is 5.91 Å². The fourth-order valence-electron chi connectivity index (χ4n) is 2.53. The Morgan fingerprint density at radius 3 is 2.75 bits per heavy atom.